The molecule has 0 aliphatic carbocycles. The van der Waals surface area contributed by atoms with Gasteiger partial charge in [0.2, 0.25) is 0 Å². The Balaban J connectivity index is 1.86. The monoisotopic (exact) mass is 270 g/mol. The number of anilines is 1. The summed E-state index contributed by atoms with van der Waals surface area (Å²) in [4.78, 5) is 22.2. The number of aromatic carboxylic acids is 1. The minimum atomic E-state index is -1.25. The van der Waals surface area contributed by atoms with Gasteiger partial charge in [0.15, 0.2) is 6.61 Å². The van der Waals surface area contributed by atoms with Crippen LogP contribution >= 0.6 is 0 Å². The maximum atomic E-state index is 11.6. The van der Waals surface area contributed by atoms with E-state index >= 15 is 0 Å². The first-order valence-corrected chi connectivity index (χ1v) is 5.94. The van der Waals surface area contributed by atoms with Crippen LogP contribution in [0.2, 0.25) is 0 Å². The molecule has 5 nitrogen and oxygen atoms in total. The number of benzene rings is 2. The molecule has 2 aromatic carbocycles. The van der Waals surface area contributed by atoms with Crippen molar-refractivity contribution in [3.8, 4) is 5.75 Å². The summed E-state index contributed by atoms with van der Waals surface area (Å²) in [5.41, 5.74) is 0.556. The molecule has 0 aliphatic rings. The normalized spacial score (nSPS) is 9.80. The summed E-state index contributed by atoms with van der Waals surface area (Å²) in [5, 5.41) is 13.2. The van der Waals surface area contributed by atoms with E-state index < -0.39 is 5.97 Å². The van der Waals surface area contributed by atoms with Gasteiger partial charge in [0.25, 0.3) is 5.91 Å². The molecule has 0 saturated heterocycles. The lowest BCUT2D eigenvalue weighted by molar-refractivity contribution is -0.255. The molecule has 0 aliphatic heterocycles. The molecule has 0 radical (unpaired) electrons. The lowest BCUT2D eigenvalue weighted by Gasteiger charge is -2.08. The number of rotatable bonds is 5. The van der Waals surface area contributed by atoms with Crippen molar-refractivity contribution in [1.29, 1.82) is 0 Å². The van der Waals surface area contributed by atoms with Crippen molar-refractivity contribution >= 4 is 17.6 Å². The third-order valence-corrected chi connectivity index (χ3v) is 2.52. The lowest BCUT2D eigenvalue weighted by Crippen LogP contribution is -2.22. The molecule has 20 heavy (non-hydrogen) atoms. The van der Waals surface area contributed by atoms with Gasteiger partial charge in [0, 0.05) is 5.69 Å². The van der Waals surface area contributed by atoms with E-state index in [1.807, 2.05) is 18.2 Å². The predicted octanol–water partition coefficient (Wildman–Crippen LogP) is 1.07. The van der Waals surface area contributed by atoms with Crippen molar-refractivity contribution in [3.05, 3.63) is 60.2 Å². The molecule has 102 valence electrons. The Kier molecular flexibility index (Phi) is 4.34. The fourth-order valence-electron chi connectivity index (χ4n) is 1.55. The smallest absolute Gasteiger partial charge is 0.262 e. The molecule has 0 saturated carbocycles. The number of carboxylic acids is 1. The average Bonchev–Trinajstić information content (AvgIpc) is 2.47. The van der Waals surface area contributed by atoms with Gasteiger partial charge in [-0.05, 0) is 29.8 Å². The molecule has 0 spiro atoms. The highest BCUT2D eigenvalue weighted by molar-refractivity contribution is 5.92. The number of para-hydroxylation sites is 1. The van der Waals surface area contributed by atoms with Crippen LogP contribution in [0.1, 0.15) is 10.4 Å². The predicted molar refractivity (Wildman–Crippen MR) is 71.3 cm³/mol. The van der Waals surface area contributed by atoms with E-state index in [1.54, 1.807) is 12.1 Å². The fourth-order valence-corrected chi connectivity index (χ4v) is 1.55. The summed E-state index contributed by atoms with van der Waals surface area (Å²) in [6.07, 6.45) is 0. The second-order valence-corrected chi connectivity index (χ2v) is 4.01. The molecule has 2 rings (SSSR count). The summed E-state index contributed by atoms with van der Waals surface area (Å²) in [7, 11) is 0. The number of hydrogen-bond acceptors (Lipinski definition) is 4. The summed E-state index contributed by atoms with van der Waals surface area (Å²) in [6.45, 7) is -0.119. The first kappa shape index (κ1) is 13.6. The zero-order valence-electron chi connectivity index (χ0n) is 10.5. The Morgan fingerprint density at radius 2 is 1.65 bits per heavy atom. The molecular weight excluding hydrogens is 258 g/mol. The van der Waals surface area contributed by atoms with E-state index in [9.17, 15) is 14.7 Å². The van der Waals surface area contributed by atoms with Gasteiger partial charge in [-0.2, -0.15) is 0 Å². The molecule has 0 atom stereocenters. The van der Waals surface area contributed by atoms with Gasteiger partial charge in [-0.15, -0.1) is 0 Å². The summed E-state index contributed by atoms with van der Waals surface area (Å²) >= 11 is 0. The van der Waals surface area contributed by atoms with Crippen LogP contribution in [0.3, 0.4) is 0 Å². The Morgan fingerprint density at radius 3 is 2.25 bits per heavy atom. The van der Waals surface area contributed by atoms with E-state index in [0.29, 0.717) is 11.4 Å². The summed E-state index contributed by atoms with van der Waals surface area (Å²) < 4.78 is 5.29. The summed E-state index contributed by atoms with van der Waals surface area (Å²) in [5.74, 6) is -0.972. The highest BCUT2D eigenvalue weighted by atomic mass is 16.5. The maximum Gasteiger partial charge on any atom is 0.262 e. The van der Waals surface area contributed by atoms with Gasteiger partial charge in [0.05, 0.1) is 5.97 Å². The zero-order chi connectivity index (χ0) is 14.4. The van der Waals surface area contributed by atoms with Gasteiger partial charge in [-0.3, -0.25) is 4.79 Å². The van der Waals surface area contributed by atoms with Gasteiger partial charge < -0.3 is 20.0 Å². The number of hydrogen-bond donors (Lipinski definition) is 1. The van der Waals surface area contributed by atoms with Gasteiger partial charge in [-0.1, -0.05) is 30.3 Å². The maximum absolute atomic E-state index is 11.6. The van der Waals surface area contributed by atoms with E-state index in [-0.39, 0.29) is 18.1 Å². The third kappa shape index (κ3) is 3.84. The van der Waals surface area contributed by atoms with E-state index in [0.717, 1.165) is 0 Å². The Labute approximate surface area is 115 Å². The van der Waals surface area contributed by atoms with Crippen molar-refractivity contribution in [3.63, 3.8) is 0 Å². The molecule has 0 bridgehead atoms. The molecule has 0 unspecified atom stereocenters. The van der Waals surface area contributed by atoms with E-state index in [1.165, 1.54) is 24.3 Å². The van der Waals surface area contributed by atoms with Gasteiger partial charge in [0.1, 0.15) is 5.75 Å². The number of carboxylic acid groups (broad SMARTS) is 1. The third-order valence-electron chi connectivity index (χ3n) is 2.52. The molecule has 1 amide bonds. The molecule has 0 fully saturated rings. The van der Waals surface area contributed by atoms with Crippen LogP contribution in [0.4, 0.5) is 5.69 Å². The molecule has 1 N–H and O–H groups in total. The number of carbonyl (C=O) groups excluding carboxylic acids is 2. The molecular formula is C15H12NO4-. The van der Waals surface area contributed by atoms with Crippen LogP contribution in [0.25, 0.3) is 0 Å². The van der Waals surface area contributed by atoms with E-state index in [2.05, 4.69) is 5.32 Å². The topological polar surface area (TPSA) is 78.5 Å². The minimum Gasteiger partial charge on any atom is -0.545 e. The first-order valence-electron chi connectivity index (χ1n) is 5.94. The Morgan fingerprint density at radius 1 is 1.00 bits per heavy atom. The highest BCUT2D eigenvalue weighted by Crippen LogP contribution is 2.10. The minimum absolute atomic E-state index is 0.0588. The lowest BCUT2D eigenvalue weighted by atomic mass is 10.2. The fraction of sp³-hybridized carbons (Fsp3) is 0.0667. The quantitative estimate of drug-likeness (QED) is 0.881. The van der Waals surface area contributed by atoms with Crippen molar-refractivity contribution < 1.29 is 19.4 Å². The van der Waals surface area contributed by atoms with Crippen molar-refractivity contribution in [2.45, 2.75) is 0 Å². The number of carbonyl (C=O) groups is 2. The first-order chi connectivity index (χ1) is 9.65. The van der Waals surface area contributed by atoms with Crippen LogP contribution in [0.15, 0.2) is 54.6 Å². The standard InChI is InChI=1S/C15H13NO4/c17-14(10-20-13-4-2-1-3-5-13)16-12-8-6-11(7-9-12)15(18)19/h1-9H,10H2,(H,16,17)(H,18,19)/p-1. The molecule has 0 heterocycles. The molecule has 0 aromatic heterocycles. The highest BCUT2D eigenvalue weighted by Gasteiger charge is 2.03. The Hall–Kier alpha value is -2.82. The van der Waals surface area contributed by atoms with Crippen molar-refractivity contribution in [2.75, 3.05) is 11.9 Å². The van der Waals surface area contributed by atoms with Crippen LogP contribution in [-0.4, -0.2) is 18.5 Å². The van der Waals surface area contributed by atoms with Crippen LogP contribution in [0, 0.1) is 0 Å². The zero-order valence-corrected chi connectivity index (χ0v) is 10.5. The van der Waals surface area contributed by atoms with Crippen LogP contribution in [0.5, 0.6) is 5.75 Å². The number of amides is 1. The largest absolute Gasteiger partial charge is 0.545 e. The molecule has 5 heteroatoms. The van der Waals surface area contributed by atoms with Crippen LogP contribution in [-0.2, 0) is 4.79 Å². The average molecular weight is 270 g/mol. The van der Waals surface area contributed by atoms with Crippen LogP contribution < -0.4 is 15.2 Å². The van der Waals surface area contributed by atoms with Crippen molar-refractivity contribution in [2.24, 2.45) is 0 Å². The SMILES string of the molecule is O=C(COc1ccccc1)Nc1ccc(C(=O)[O-])cc1. The second kappa shape index (κ2) is 6.38. The second-order valence-electron chi connectivity index (χ2n) is 4.01. The van der Waals surface area contributed by atoms with Gasteiger partial charge >= 0.3 is 0 Å². The van der Waals surface area contributed by atoms with Crippen molar-refractivity contribution in [1.82, 2.24) is 0 Å². The Bertz CT molecular complexity index is 593. The number of ether oxygens (including phenoxy) is 1. The number of nitrogens with one attached hydrogen (secondary N) is 1. The van der Waals surface area contributed by atoms with E-state index in [4.69, 9.17) is 4.74 Å². The molecule has 2 aromatic rings. The summed E-state index contributed by atoms with van der Waals surface area (Å²) in [6, 6.07) is 14.7. The van der Waals surface area contributed by atoms with Gasteiger partial charge in [-0.25, -0.2) is 0 Å².